The predicted octanol–water partition coefficient (Wildman–Crippen LogP) is 0.351. The normalized spacial score (nSPS) is 38.9. The first-order chi connectivity index (χ1) is 9.13. The number of alkyl halides is 1. The lowest BCUT2D eigenvalue weighted by Crippen LogP contribution is -2.57. The molecule has 0 aromatic heterocycles. The summed E-state index contributed by atoms with van der Waals surface area (Å²) in [4.78, 5) is 0. The fraction of sp³-hybridized carbons (Fsp3) is 1.00. The van der Waals surface area contributed by atoms with Crippen molar-refractivity contribution >= 4 is 0 Å². The molecule has 2 fully saturated rings. The highest BCUT2D eigenvalue weighted by atomic mass is 19.1. The zero-order chi connectivity index (χ0) is 15.2. The Morgan fingerprint density at radius 2 is 1.75 bits per heavy atom. The van der Waals surface area contributed by atoms with Gasteiger partial charge in [0, 0.05) is 0 Å². The van der Waals surface area contributed by atoms with E-state index >= 15 is 4.39 Å². The predicted molar refractivity (Wildman–Crippen MR) is 66.7 cm³/mol. The smallest absolute Gasteiger partial charge is 0.190 e. The van der Waals surface area contributed by atoms with Crippen molar-refractivity contribution in [1.29, 1.82) is 0 Å². The van der Waals surface area contributed by atoms with Crippen LogP contribution in [0.25, 0.3) is 0 Å². The van der Waals surface area contributed by atoms with E-state index in [1.54, 1.807) is 27.7 Å². The monoisotopic (exact) mass is 294 g/mol. The van der Waals surface area contributed by atoms with E-state index in [9.17, 15) is 10.2 Å². The van der Waals surface area contributed by atoms with Gasteiger partial charge in [0.05, 0.1) is 19.8 Å². The minimum absolute atomic E-state index is 0.00248. The summed E-state index contributed by atoms with van der Waals surface area (Å²) in [5, 5.41) is 18.9. The van der Waals surface area contributed by atoms with Crippen molar-refractivity contribution in [2.45, 2.75) is 63.2 Å². The molecule has 20 heavy (non-hydrogen) atoms. The van der Waals surface area contributed by atoms with E-state index in [1.807, 2.05) is 0 Å². The molecule has 0 aromatic carbocycles. The average Bonchev–Trinajstić information content (AvgIpc) is 2.88. The summed E-state index contributed by atoms with van der Waals surface area (Å²) in [7, 11) is 0. The SMILES string of the molecule is CC1(C)O[C@@H]([C@@](F)(CO)[C@H]2COC(C)(C)O2)[C@@H](CO)O1. The molecule has 0 radical (unpaired) electrons. The summed E-state index contributed by atoms with van der Waals surface area (Å²) in [6.45, 7) is 5.39. The molecular formula is C13H23FO6. The number of hydrogen-bond acceptors (Lipinski definition) is 6. The van der Waals surface area contributed by atoms with Gasteiger partial charge in [0.2, 0.25) is 0 Å². The maximum Gasteiger partial charge on any atom is 0.190 e. The summed E-state index contributed by atoms with van der Waals surface area (Å²) in [6, 6.07) is 0. The van der Waals surface area contributed by atoms with Crippen LogP contribution in [0.15, 0.2) is 0 Å². The molecule has 2 saturated heterocycles. The van der Waals surface area contributed by atoms with Gasteiger partial charge in [0.1, 0.15) is 18.3 Å². The molecule has 2 rings (SSSR count). The van der Waals surface area contributed by atoms with Crippen LogP contribution in [0.3, 0.4) is 0 Å². The minimum Gasteiger partial charge on any atom is -0.394 e. The van der Waals surface area contributed by atoms with E-state index in [1.165, 1.54) is 0 Å². The summed E-state index contributed by atoms with van der Waals surface area (Å²) < 4.78 is 37.1. The Morgan fingerprint density at radius 1 is 1.10 bits per heavy atom. The number of aliphatic hydroxyl groups excluding tert-OH is 2. The van der Waals surface area contributed by atoms with Crippen LogP contribution in [-0.2, 0) is 18.9 Å². The van der Waals surface area contributed by atoms with Crippen molar-refractivity contribution in [3.05, 3.63) is 0 Å². The topological polar surface area (TPSA) is 77.4 Å². The van der Waals surface area contributed by atoms with Crippen LogP contribution in [-0.4, -0.2) is 65.6 Å². The van der Waals surface area contributed by atoms with Crippen LogP contribution < -0.4 is 0 Å². The Labute approximate surface area is 117 Å². The Balaban J connectivity index is 2.22. The second-order valence-corrected chi connectivity index (χ2v) is 6.18. The maximum absolute atomic E-state index is 15.3. The molecule has 7 heteroatoms. The number of rotatable bonds is 4. The van der Waals surface area contributed by atoms with Crippen LogP contribution in [0, 0.1) is 0 Å². The average molecular weight is 294 g/mol. The molecule has 0 bridgehead atoms. The van der Waals surface area contributed by atoms with E-state index < -0.39 is 48.8 Å². The molecule has 0 spiro atoms. The summed E-state index contributed by atoms with van der Waals surface area (Å²) in [6.07, 6.45) is -2.98. The molecule has 4 atom stereocenters. The van der Waals surface area contributed by atoms with E-state index in [4.69, 9.17) is 18.9 Å². The summed E-state index contributed by atoms with van der Waals surface area (Å²) >= 11 is 0. The van der Waals surface area contributed by atoms with E-state index in [0.717, 1.165) is 0 Å². The van der Waals surface area contributed by atoms with Gasteiger partial charge in [-0.3, -0.25) is 0 Å². The standard InChI is InChI=1S/C13H23FO6/c1-11(2)17-6-9(19-11)13(14,7-16)10-8(5-15)18-12(3,4)20-10/h8-10,15-16H,5-7H2,1-4H3/t8-,9-,10-,13-/m1/s1. The van der Waals surface area contributed by atoms with Gasteiger partial charge in [-0.25, -0.2) is 4.39 Å². The third-order valence-corrected chi connectivity index (χ3v) is 3.62. The second kappa shape index (κ2) is 5.15. The molecule has 2 heterocycles. The second-order valence-electron chi connectivity index (χ2n) is 6.18. The lowest BCUT2D eigenvalue weighted by atomic mass is 9.90. The van der Waals surface area contributed by atoms with Crippen LogP contribution in [0.2, 0.25) is 0 Å². The molecule has 118 valence electrons. The summed E-state index contributed by atoms with van der Waals surface area (Å²) in [5.74, 6) is -1.94. The highest BCUT2D eigenvalue weighted by Gasteiger charge is 2.59. The fourth-order valence-electron chi connectivity index (χ4n) is 2.67. The zero-order valence-electron chi connectivity index (χ0n) is 12.3. The van der Waals surface area contributed by atoms with Crippen LogP contribution >= 0.6 is 0 Å². The van der Waals surface area contributed by atoms with E-state index in [2.05, 4.69) is 0 Å². The highest BCUT2D eigenvalue weighted by Crippen LogP contribution is 2.41. The van der Waals surface area contributed by atoms with Gasteiger partial charge in [-0.15, -0.1) is 0 Å². The van der Waals surface area contributed by atoms with Gasteiger partial charge >= 0.3 is 0 Å². The number of aliphatic hydroxyl groups is 2. The van der Waals surface area contributed by atoms with Gasteiger partial charge in [0.15, 0.2) is 17.2 Å². The number of hydrogen-bond donors (Lipinski definition) is 2. The maximum atomic E-state index is 15.3. The Morgan fingerprint density at radius 3 is 2.20 bits per heavy atom. The number of ether oxygens (including phenoxy) is 4. The lowest BCUT2D eigenvalue weighted by Gasteiger charge is -2.35. The fourth-order valence-corrected chi connectivity index (χ4v) is 2.67. The van der Waals surface area contributed by atoms with Gasteiger partial charge in [0.25, 0.3) is 0 Å². The molecule has 2 aliphatic heterocycles. The van der Waals surface area contributed by atoms with Crippen LogP contribution in [0.1, 0.15) is 27.7 Å². The quantitative estimate of drug-likeness (QED) is 0.779. The lowest BCUT2D eigenvalue weighted by molar-refractivity contribution is -0.200. The molecule has 2 aliphatic rings. The minimum atomic E-state index is -2.21. The number of halogens is 1. The molecule has 0 unspecified atom stereocenters. The van der Waals surface area contributed by atoms with Gasteiger partial charge < -0.3 is 29.2 Å². The zero-order valence-corrected chi connectivity index (χ0v) is 12.3. The van der Waals surface area contributed by atoms with Crippen molar-refractivity contribution in [3.8, 4) is 0 Å². The van der Waals surface area contributed by atoms with Crippen molar-refractivity contribution in [2.75, 3.05) is 19.8 Å². The molecule has 6 nitrogen and oxygen atoms in total. The van der Waals surface area contributed by atoms with Gasteiger partial charge in [-0.2, -0.15) is 0 Å². The van der Waals surface area contributed by atoms with Crippen molar-refractivity contribution in [3.63, 3.8) is 0 Å². The summed E-state index contributed by atoms with van der Waals surface area (Å²) in [5.41, 5.74) is -2.21. The van der Waals surface area contributed by atoms with Gasteiger partial charge in [-0.05, 0) is 27.7 Å². The third kappa shape index (κ3) is 2.84. The highest BCUT2D eigenvalue weighted by molar-refractivity contribution is 5.03. The molecule has 0 aliphatic carbocycles. The molecule has 2 N–H and O–H groups in total. The Kier molecular flexibility index (Phi) is 4.14. The Bertz CT molecular complexity index is 361. The largest absolute Gasteiger partial charge is 0.394 e. The molecule has 0 saturated carbocycles. The third-order valence-electron chi connectivity index (χ3n) is 3.62. The Hall–Kier alpha value is -0.310. The van der Waals surface area contributed by atoms with Crippen LogP contribution in [0.5, 0.6) is 0 Å². The first kappa shape index (κ1) is 16.1. The van der Waals surface area contributed by atoms with E-state index in [0.29, 0.717) is 0 Å². The van der Waals surface area contributed by atoms with Crippen molar-refractivity contribution < 1.29 is 33.6 Å². The molecule has 0 aromatic rings. The van der Waals surface area contributed by atoms with Crippen molar-refractivity contribution in [2.24, 2.45) is 0 Å². The van der Waals surface area contributed by atoms with Gasteiger partial charge in [-0.1, -0.05) is 0 Å². The first-order valence-corrected chi connectivity index (χ1v) is 6.71. The van der Waals surface area contributed by atoms with E-state index in [-0.39, 0.29) is 6.61 Å². The van der Waals surface area contributed by atoms with Crippen molar-refractivity contribution in [1.82, 2.24) is 0 Å². The molecule has 0 amide bonds. The van der Waals surface area contributed by atoms with Crippen LogP contribution in [0.4, 0.5) is 4.39 Å². The first-order valence-electron chi connectivity index (χ1n) is 6.71. The molecular weight excluding hydrogens is 271 g/mol.